The van der Waals surface area contributed by atoms with Crippen LogP contribution in [-0.4, -0.2) is 12.9 Å². The smallest absolute Gasteiger partial charge is 0.131 e. The Labute approximate surface area is 113 Å². The summed E-state index contributed by atoms with van der Waals surface area (Å²) >= 11 is 0. The predicted molar refractivity (Wildman–Crippen MR) is 77.1 cm³/mol. The molecular formula is C14H15ClN2O. The van der Waals surface area contributed by atoms with Gasteiger partial charge in [-0.05, 0) is 12.1 Å². The van der Waals surface area contributed by atoms with Crippen LogP contribution in [0, 0.1) is 0 Å². The number of nitrogens with two attached hydrogens (primary N) is 1. The van der Waals surface area contributed by atoms with Crippen LogP contribution < -0.4 is 10.5 Å². The van der Waals surface area contributed by atoms with Crippen molar-refractivity contribution in [2.75, 3.05) is 7.11 Å². The Hall–Kier alpha value is -2.00. The number of amidine groups is 1. The molecule has 0 saturated heterocycles. The third-order valence-corrected chi connectivity index (χ3v) is 2.37. The van der Waals surface area contributed by atoms with Gasteiger partial charge in [-0.15, -0.1) is 12.4 Å². The fourth-order valence-electron chi connectivity index (χ4n) is 1.49. The molecule has 2 N–H and O–H groups in total. The SMILES string of the molecule is COc1cccc(N=C(N)c2ccccc2)c1.Cl. The van der Waals surface area contributed by atoms with Gasteiger partial charge in [-0.1, -0.05) is 36.4 Å². The van der Waals surface area contributed by atoms with Crippen LogP contribution >= 0.6 is 12.4 Å². The molecule has 18 heavy (non-hydrogen) atoms. The van der Waals surface area contributed by atoms with Gasteiger partial charge in [-0.25, -0.2) is 4.99 Å². The Morgan fingerprint density at radius 1 is 1.06 bits per heavy atom. The molecule has 0 radical (unpaired) electrons. The summed E-state index contributed by atoms with van der Waals surface area (Å²) in [6.45, 7) is 0. The van der Waals surface area contributed by atoms with Crippen molar-refractivity contribution in [3.05, 3.63) is 60.2 Å². The predicted octanol–water partition coefficient (Wildman–Crippen LogP) is 3.15. The summed E-state index contributed by atoms with van der Waals surface area (Å²) in [5.41, 5.74) is 7.62. The van der Waals surface area contributed by atoms with E-state index < -0.39 is 0 Å². The quantitative estimate of drug-likeness (QED) is 0.682. The number of halogens is 1. The van der Waals surface area contributed by atoms with Crippen LogP contribution in [0.25, 0.3) is 0 Å². The highest BCUT2D eigenvalue weighted by molar-refractivity contribution is 5.99. The maximum absolute atomic E-state index is 5.93. The first kappa shape index (κ1) is 14.1. The van der Waals surface area contributed by atoms with Gasteiger partial charge in [-0.2, -0.15) is 0 Å². The van der Waals surface area contributed by atoms with Crippen molar-refractivity contribution >= 4 is 23.9 Å². The number of methoxy groups -OCH3 is 1. The Bertz CT molecular complexity index is 526. The third kappa shape index (κ3) is 3.50. The van der Waals surface area contributed by atoms with E-state index in [2.05, 4.69) is 4.99 Å². The second kappa shape index (κ2) is 6.67. The first-order valence-corrected chi connectivity index (χ1v) is 5.33. The lowest BCUT2D eigenvalue weighted by Crippen LogP contribution is -2.12. The molecule has 3 nitrogen and oxygen atoms in total. The molecule has 2 aromatic rings. The van der Waals surface area contributed by atoms with E-state index in [0.717, 1.165) is 17.0 Å². The summed E-state index contributed by atoms with van der Waals surface area (Å²) in [5.74, 6) is 1.27. The lowest BCUT2D eigenvalue weighted by molar-refractivity contribution is 0.415. The number of ether oxygens (including phenoxy) is 1. The average Bonchev–Trinajstić information content (AvgIpc) is 2.40. The molecule has 0 aliphatic heterocycles. The molecule has 0 aliphatic rings. The fourth-order valence-corrected chi connectivity index (χ4v) is 1.49. The van der Waals surface area contributed by atoms with Crippen molar-refractivity contribution in [1.82, 2.24) is 0 Å². The molecule has 0 unspecified atom stereocenters. The van der Waals surface area contributed by atoms with Crippen LogP contribution in [0.2, 0.25) is 0 Å². The second-order valence-corrected chi connectivity index (χ2v) is 3.56. The van der Waals surface area contributed by atoms with Gasteiger partial charge in [0.25, 0.3) is 0 Å². The summed E-state index contributed by atoms with van der Waals surface area (Å²) in [6, 6.07) is 17.2. The van der Waals surface area contributed by atoms with Gasteiger partial charge in [0.2, 0.25) is 0 Å². The van der Waals surface area contributed by atoms with E-state index >= 15 is 0 Å². The summed E-state index contributed by atoms with van der Waals surface area (Å²) < 4.78 is 5.13. The minimum Gasteiger partial charge on any atom is -0.497 e. The Balaban J connectivity index is 0.00000162. The highest BCUT2D eigenvalue weighted by Gasteiger charge is 1.98. The van der Waals surface area contributed by atoms with Crippen molar-refractivity contribution < 1.29 is 4.74 Å². The van der Waals surface area contributed by atoms with Crippen molar-refractivity contribution in [3.63, 3.8) is 0 Å². The van der Waals surface area contributed by atoms with Crippen molar-refractivity contribution in [2.24, 2.45) is 10.7 Å². The highest BCUT2D eigenvalue weighted by Crippen LogP contribution is 2.19. The lowest BCUT2D eigenvalue weighted by Gasteiger charge is -2.02. The Morgan fingerprint density at radius 3 is 2.44 bits per heavy atom. The van der Waals surface area contributed by atoms with Gasteiger partial charge in [0, 0.05) is 11.6 Å². The zero-order chi connectivity index (χ0) is 12.1. The van der Waals surface area contributed by atoms with E-state index in [1.54, 1.807) is 7.11 Å². The minimum absolute atomic E-state index is 0. The summed E-state index contributed by atoms with van der Waals surface area (Å²) in [7, 11) is 1.63. The first-order chi connectivity index (χ1) is 8.29. The van der Waals surface area contributed by atoms with E-state index in [0.29, 0.717) is 5.84 Å². The van der Waals surface area contributed by atoms with Crippen LogP contribution in [0.4, 0.5) is 5.69 Å². The summed E-state index contributed by atoms with van der Waals surface area (Å²) in [5, 5.41) is 0. The molecule has 94 valence electrons. The molecular weight excluding hydrogens is 248 g/mol. The van der Waals surface area contributed by atoms with Crippen molar-refractivity contribution in [2.45, 2.75) is 0 Å². The number of benzene rings is 2. The van der Waals surface area contributed by atoms with Crippen molar-refractivity contribution in [1.29, 1.82) is 0 Å². The maximum atomic E-state index is 5.93. The first-order valence-electron chi connectivity index (χ1n) is 5.33. The highest BCUT2D eigenvalue weighted by atomic mass is 35.5. The van der Waals surface area contributed by atoms with E-state index in [9.17, 15) is 0 Å². The summed E-state index contributed by atoms with van der Waals surface area (Å²) in [4.78, 5) is 4.35. The van der Waals surface area contributed by atoms with E-state index in [4.69, 9.17) is 10.5 Å². The molecule has 0 amide bonds. The molecule has 2 rings (SSSR count). The normalized spacial score (nSPS) is 10.6. The van der Waals surface area contributed by atoms with Gasteiger partial charge < -0.3 is 10.5 Å². The molecule has 0 spiro atoms. The van der Waals surface area contributed by atoms with Crippen LogP contribution in [-0.2, 0) is 0 Å². The fraction of sp³-hybridized carbons (Fsp3) is 0.0714. The standard InChI is InChI=1S/C14H14N2O.ClH/c1-17-13-9-5-8-12(10-13)16-14(15)11-6-3-2-4-7-11;/h2-10H,1H3,(H2,15,16);1H. The van der Waals surface area contributed by atoms with Gasteiger partial charge >= 0.3 is 0 Å². The zero-order valence-electron chi connectivity index (χ0n) is 10.0. The number of nitrogens with zero attached hydrogens (tertiary/aromatic N) is 1. The monoisotopic (exact) mass is 262 g/mol. The van der Waals surface area contributed by atoms with Crippen LogP contribution in [0.5, 0.6) is 5.75 Å². The van der Waals surface area contributed by atoms with E-state index in [1.165, 1.54) is 0 Å². The molecule has 0 saturated carbocycles. The van der Waals surface area contributed by atoms with Gasteiger partial charge in [-0.3, -0.25) is 0 Å². The van der Waals surface area contributed by atoms with Gasteiger partial charge in [0.05, 0.1) is 12.8 Å². The molecule has 2 aromatic carbocycles. The van der Waals surface area contributed by atoms with Crippen LogP contribution in [0.1, 0.15) is 5.56 Å². The maximum Gasteiger partial charge on any atom is 0.131 e. The number of hydrogen-bond donors (Lipinski definition) is 1. The topological polar surface area (TPSA) is 47.6 Å². The number of aliphatic imine (C=N–C) groups is 1. The molecule has 4 heteroatoms. The molecule has 0 atom stereocenters. The number of hydrogen-bond acceptors (Lipinski definition) is 2. The summed E-state index contributed by atoms with van der Waals surface area (Å²) in [6.07, 6.45) is 0. The molecule has 0 aliphatic carbocycles. The van der Waals surface area contributed by atoms with E-state index in [1.807, 2.05) is 54.6 Å². The third-order valence-electron chi connectivity index (χ3n) is 2.37. The average molecular weight is 263 g/mol. The molecule has 0 aromatic heterocycles. The van der Waals surface area contributed by atoms with Gasteiger partial charge in [0.15, 0.2) is 0 Å². The Morgan fingerprint density at radius 2 is 1.78 bits per heavy atom. The molecule has 0 fully saturated rings. The second-order valence-electron chi connectivity index (χ2n) is 3.56. The molecule has 0 bridgehead atoms. The van der Waals surface area contributed by atoms with E-state index in [-0.39, 0.29) is 12.4 Å². The van der Waals surface area contributed by atoms with Gasteiger partial charge in [0.1, 0.15) is 11.6 Å². The molecule has 0 heterocycles. The minimum atomic E-state index is 0. The largest absolute Gasteiger partial charge is 0.497 e. The lowest BCUT2D eigenvalue weighted by atomic mass is 10.2. The van der Waals surface area contributed by atoms with Crippen molar-refractivity contribution in [3.8, 4) is 5.75 Å². The zero-order valence-corrected chi connectivity index (χ0v) is 10.9. The number of rotatable bonds is 3. The van der Waals surface area contributed by atoms with Crippen LogP contribution in [0.3, 0.4) is 0 Å². The Kier molecular flexibility index (Phi) is 5.21. The van der Waals surface area contributed by atoms with Crippen LogP contribution in [0.15, 0.2) is 59.6 Å².